The van der Waals surface area contributed by atoms with Gasteiger partial charge in [0.15, 0.2) is 0 Å². The summed E-state index contributed by atoms with van der Waals surface area (Å²) in [6.45, 7) is 0.933. The molecule has 17 heavy (non-hydrogen) atoms. The van der Waals surface area contributed by atoms with Crippen LogP contribution in [-0.4, -0.2) is 29.2 Å². The Bertz CT molecular complexity index is 397. The van der Waals surface area contributed by atoms with Crippen LogP contribution >= 0.6 is 9.69 Å². The molecular formula is C11H13ClN2O2Ru. The number of rotatable bonds is 4. The Morgan fingerprint density at radius 1 is 1.53 bits per heavy atom. The molecule has 94 valence electrons. The number of nitrogens with zero attached hydrogens (tertiary/aromatic N) is 1. The van der Waals surface area contributed by atoms with Crippen molar-refractivity contribution in [3.05, 3.63) is 24.3 Å². The molecule has 6 heteroatoms. The second kappa shape index (κ2) is 5.81. The third-order valence-corrected chi connectivity index (χ3v) is 4.89. The van der Waals surface area contributed by atoms with Gasteiger partial charge in [0, 0.05) is 0 Å². The Kier molecular flexibility index (Phi) is 4.38. The zero-order chi connectivity index (χ0) is 12.3. The predicted octanol–water partition coefficient (Wildman–Crippen LogP) is 1.86. The van der Waals surface area contributed by atoms with Gasteiger partial charge in [0.1, 0.15) is 0 Å². The van der Waals surface area contributed by atoms with Crippen molar-refractivity contribution in [2.45, 2.75) is 12.5 Å². The van der Waals surface area contributed by atoms with E-state index < -0.39 is 0 Å². The standard InChI is InChI=1S/C11H13N2O2.ClH.Ru/c1-15-9-4-2-8(3-5-9)13-11(14)10-6-7-12-10;;/h2-5,10H,6-7H2,1H3,(H,13,14);1H;/q-1;;+2/p-1/t10-;;/m0../s1. The Hall–Kier alpha value is -0.637. The van der Waals surface area contributed by atoms with Gasteiger partial charge < -0.3 is 0 Å². The second-order valence-corrected chi connectivity index (χ2v) is 5.69. The molecule has 1 aromatic rings. The van der Waals surface area contributed by atoms with Crippen molar-refractivity contribution in [1.82, 2.24) is 3.64 Å². The Morgan fingerprint density at radius 3 is 2.71 bits per heavy atom. The van der Waals surface area contributed by atoms with Crippen molar-refractivity contribution in [2.75, 3.05) is 19.0 Å². The first-order valence-electron chi connectivity index (χ1n) is 5.20. The molecule has 0 radical (unpaired) electrons. The summed E-state index contributed by atoms with van der Waals surface area (Å²) in [4.78, 5) is 11.9. The fourth-order valence-electron chi connectivity index (χ4n) is 1.58. The topological polar surface area (TPSA) is 41.6 Å². The third-order valence-electron chi connectivity index (χ3n) is 2.68. The number of amides is 1. The first-order valence-corrected chi connectivity index (χ1v) is 8.22. The Balaban J connectivity index is 1.93. The molecule has 0 unspecified atom stereocenters. The molecule has 0 saturated carbocycles. The van der Waals surface area contributed by atoms with Crippen LogP contribution in [0.4, 0.5) is 5.69 Å². The van der Waals surface area contributed by atoms with E-state index in [2.05, 4.69) is 5.32 Å². The van der Waals surface area contributed by atoms with Gasteiger partial charge in [-0.25, -0.2) is 0 Å². The molecular weight excluding hydrogens is 329 g/mol. The number of anilines is 1. The number of methoxy groups -OCH3 is 1. The molecule has 1 heterocycles. The van der Waals surface area contributed by atoms with Crippen LogP contribution in [0.5, 0.6) is 5.75 Å². The SMILES string of the molecule is COc1ccc(NC(=O)[C@@H]2CC[N]2[Ru][Cl])cc1. The van der Waals surface area contributed by atoms with Crippen molar-refractivity contribution >= 4 is 21.3 Å². The number of nitrogens with one attached hydrogen (secondary N) is 1. The fraction of sp³-hybridized carbons (Fsp3) is 0.364. The summed E-state index contributed by atoms with van der Waals surface area (Å²) in [7, 11) is 7.42. The van der Waals surface area contributed by atoms with Crippen LogP contribution in [0.3, 0.4) is 0 Å². The van der Waals surface area contributed by atoms with Gasteiger partial charge in [-0.1, -0.05) is 0 Å². The van der Waals surface area contributed by atoms with Gasteiger partial charge in [-0.2, -0.15) is 0 Å². The summed E-state index contributed by atoms with van der Waals surface area (Å²) in [5.41, 5.74) is 0.785. The van der Waals surface area contributed by atoms with Crippen molar-refractivity contribution in [1.29, 1.82) is 0 Å². The van der Waals surface area contributed by atoms with Gasteiger partial charge in [-0.05, 0) is 0 Å². The number of hydrogen-bond acceptors (Lipinski definition) is 3. The molecule has 0 aliphatic carbocycles. The molecule has 1 N–H and O–H groups in total. The van der Waals surface area contributed by atoms with Gasteiger partial charge in [0.2, 0.25) is 0 Å². The molecule has 1 fully saturated rings. The van der Waals surface area contributed by atoms with E-state index in [-0.39, 0.29) is 28.3 Å². The van der Waals surface area contributed by atoms with Gasteiger partial charge >= 0.3 is 112 Å². The molecule has 1 aliphatic heterocycles. The zero-order valence-corrected chi connectivity index (χ0v) is 11.8. The Labute approximate surface area is 112 Å². The van der Waals surface area contributed by atoms with Gasteiger partial charge in [0.05, 0.1) is 0 Å². The number of ether oxygens (including phenoxy) is 1. The average molecular weight is 342 g/mol. The summed E-state index contributed by atoms with van der Waals surface area (Å²) in [6.07, 6.45) is 0.892. The van der Waals surface area contributed by atoms with E-state index in [0.717, 1.165) is 24.4 Å². The van der Waals surface area contributed by atoms with Crippen molar-refractivity contribution < 1.29 is 25.9 Å². The third kappa shape index (κ3) is 2.98. The summed E-state index contributed by atoms with van der Waals surface area (Å²) >= 11 is -0.337. The first-order chi connectivity index (χ1) is 8.24. The van der Waals surface area contributed by atoms with E-state index in [1.807, 2.05) is 27.9 Å². The maximum atomic E-state index is 11.9. The number of carbonyl (C=O) groups is 1. The second-order valence-electron chi connectivity index (χ2n) is 3.69. The van der Waals surface area contributed by atoms with Crippen LogP contribution in [0.2, 0.25) is 0 Å². The monoisotopic (exact) mass is 342 g/mol. The Morgan fingerprint density at radius 2 is 2.24 bits per heavy atom. The van der Waals surface area contributed by atoms with Crippen LogP contribution in [0.15, 0.2) is 24.3 Å². The van der Waals surface area contributed by atoms with Crippen LogP contribution in [0, 0.1) is 0 Å². The molecule has 0 aromatic heterocycles. The number of hydrogen-bond donors (Lipinski definition) is 1. The molecule has 1 amide bonds. The van der Waals surface area contributed by atoms with E-state index >= 15 is 0 Å². The summed E-state index contributed by atoms with van der Waals surface area (Å²) in [5.74, 6) is 0.801. The molecule has 1 aliphatic rings. The summed E-state index contributed by atoms with van der Waals surface area (Å²) in [6, 6.07) is 7.25. The summed E-state index contributed by atoms with van der Waals surface area (Å²) < 4.78 is 7.07. The quantitative estimate of drug-likeness (QED) is 0.850. The maximum absolute atomic E-state index is 11.9. The fourth-order valence-corrected chi connectivity index (χ4v) is 3.43. The molecule has 0 spiro atoms. The van der Waals surface area contributed by atoms with Gasteiger partial charge in [0.25, 0.3) is 0 Å². The van der Waals surface area contributed by atoms with E-state index in [9.17, 15) is 4.79 Å². The van der Waals surface area contributed by atoms with Crippen molar-refractivity contribution in [3.8, 4) is 5.75 Å². The normalized spacial score (nSPS) is 19.8. The van der Waals surface area contributed by atoms with E-state index in [4.69, 9.17) is 14.4 Å². The minimum absolute atomic E-state index is 0.0244. The molecule has 1 atom stereocenters. The molecule has 4 nitrogen and oxygen atoms in total. The van der Waals surface area contributed by atoms with E-state index in [0.29, 0.717) is 0 Å². The van der Waals surface area contributed by atoms with Crippen LogP contribution < -0.4 is 10.1 Å². The van der Waals surface area contributed by atoms with Gasteiger partial charge in [-0.15, -0.1) is 0 Å². The molecule has 2 rings (SSSR count). The minimum atomic E-state index is -0.337. The molecule has 1 saturated heterocycles. The van der Waals surface area contributed by atoms with Gasteiger partial charge in [-0.3, -0.25) is 0 Å². The number of benzene rings is 1. The number of carbonyl (C=O) groups excluding carboxylic acids is 1. The van der Waals surface area contributed by atoms with Crippen LogP contribution in [0.25, 0.3) is 0 Å². The van der Waals surface area contributed by atoms with Crippen molar-refractivity contribution in [2.24, 2.45) is 0 Å². The van der Waals surface area contributed by atoms with E-state index in [1.165, 1.54) is 0 Å². The zero-order valence-electron chi connectivity index (χ0n) is 9.30. The van der Waals surface area contributed by atoms with Crippen LogP contribution in [0.1, 0.15) is 6.42 Å². The molecule has 0 bridgehead atoms. The predicted molar refractivity (Wildman–Crippen MR) is 62.6 cm³/mol. The van der Waals surface area contributed by atoms with Crippen LogP contribution in [-0.2, 0) is 21.2 Å². The average Bonchev–Trinajstić information content (AvgIpc) is 2.29. The first kappa shape index (κ1) is 12.8. The summed E-state index contributed by atoms with van der Waals surface area (Å²) in [5, 5.41) is 2.88. The molecule has 1 aromatic carbocycles. The van der Waals surface area contributed by atoms with Crippen molar-refractivity contribution in [3.63, 3.8) is 0 Å². The van der Waals surface area contributed by atoms with E-state index in [1.54, 1.807) is 7.11 Å². The number of halogens is 1.